The van der Waals surface area contributed by atoms with E-state index in [1.165, 1.54) is 6.39 Å². The standard InChI is InChI=1S/C7H11NO2S/c1-5(2)6-7(11(3)9)8-4-10-6/h4-5H,1-3H3. The van der Waals surface area contributed by atoms with Crippen LogP contribution in [0, 0.1) is 0 Å². The van der Waals surface area contributed by atoms with Crippen LogP contribution in [0.15, 0.2) is 15.8 Å². The molecule has 1 unspecified atom stereocenters. The molecule has 1 aromatic heterocycles. The van der Waals surface area contributed by atoms with Gasteiger partial charge in [0.05, 0.1) is 10.8 Å². The summed E-state index contributed by atoms with van der Waals surface area (Å²) in [6, 6.07) is 0. The maximum Gasteiger partial charge on any atom is 0.182 e. The van der Waals surface area contributed by atoms with Crippen molar-refractivity contribution in [2.45, 2.75) is 24.8 Å². The fourth-order valence-electron chi connectivity index (χ4n) is 0.844. The quantitative estimate of drug-likeness (QED) is 0.681. The first-order valence-electron chi connectivity index (χ1n) is 3.39. The van der Waals surface area contributed by atoms with Gasteiger partial charge in [0.1, 0.15) is 5.76 Å². The molecule has 1 heterocycles. The summed E-state index contributed by atoms with van der Waals surface area (Å²) in [6.07, 6.45) is 2.94. The molecular formula is C7H11NO2S. The van der Waals surface area contributed by atoms with Crippen molar-refractivity contribution in [2.75, 3.05) is 6.26 Å². The minimum atomic E-state index is -1.03. The Labute approximate surface area is 68.3 Å². The minimum Gasteiger partial charge on any atom is -0.447 e. The Morgan fingerprint density at radius 3 is 2.64 bits per heavy atom. The highest BCUT2D eigenvalue weighted by Gasteiger charge is 2.14. The fourth-order valence-corrected chi connectivity index (χ4v) is 1.60. The Hall–Kier alpha value is -0.640. The molecule has 1 atom stereocenters. The smallest absolute Gasteiger partial charge is 0.182 e. The summed E-state index contributed by atoms with van der Waals surface area (Å²) < 4.78 is 16.1. The monoisotopic (exact) mass is 173 g/mol. The van der Waals surface area contributed by atoms with Gasteiger partial charge < -0.3 is 4.42 Å². The highest BCUT2D eigenvalue weighted by atomic mass is 32.2. The summed E-state index contributed by atoms with van der Waals surface area (Å²) in [5, 5.41) is 0.569. The number of rotatable bonds is 2. The topological polar surface area (TPSA) is 43.1 Å². The van der Waals surface area contributed by atoms with Gasteiger partial charge in [0.25, 0.3) is 0 Å². The lowest BCUT2D eigenvalue weighted by Gasteiger charge is -1.99. The lowest BCUT2D eigenvalue weighted by Crippen LogP contribution is -1.95. The van der Waals surface area contributed by atoms with Crippen molar-refractivity contribution < 1.29 is 8.63 Å². The molecule has 0 saturated carbocycles. The largest absolute Gasteiger partial charge is 0.447 e. The van der Waals surface area contributed by atoms with Gasteiger partial charge in [-0.25, -0.2) is 4.98 Å². The molecule has 0 amide bonds. The van der Waals surface area contributed by atoms with Crippen molar-refractivity contribution in [1.82, 2.24) is 4.98 Å². The van der Waals surface area contributed by atoms with Gasteiger partial charge in [0.15, 0.2) is 11.4 Å². The molecule has 0 saturated heterocycles. The van der Waals surface area contributed by atoms with Crippen molar-refractivity contribution in [2.24, 2.45) is 0 Å². The van der Waals surface area contributed by atoms with Crippen LogP contribution in [0.5, 0.6) is 0 Å². The zero-order chi connectivity index (χ0) is 8.43. The summed E-state index contributed by atoms with van der Waals surface area (Å²) in [5.41, 5.74) is 0. The minimum absolute atomic E-state index is 0.247. The summed E-state index contributed by atoms with van der Waals surface area (Å²) >= 11 is 0. The first-order chi connectivity index (χ1) is 5.13. The predicted molar refractivity (Wildman–Crippen MR) is 42.9 cm³/mol. The number of hydrogen-bond acceptors (Lipinski definition) is 3. The Kier molecular flexibility index (Phi) is 2.44. The zero-order valence-corrected chi connectivity index (χ0v) is 7.64. The number of hydrogen-bond donors (Lipinski definition) is 0. The third-order valence-electron chi connectivity index (χ3n) is 1.36. The molecule has 0 aliphatic carbocycles. The van der Waals surface area contributed by atoms with Crippen molar-refractivity contribution in [3.63, 3.8) is 0 Å². The number of nitrogens with zero attached hydrogens (tertiary/aromatic N) is 1. The van der Waals surface area contributed by atoms with Crippen LogP contribution in [-0.4, -0.2) is 15.4 Å². The van der Waals surface area contributed by atoms with E-state index in [9.17, 15) is 4.21 Å². The molecule has 4 heteroatoms. The Morgan fingerprint density at radius 1 is 1.64 bits per heavy atom. The van der Waals surface area contributed by atoms with Gasteiger partial charge in [0.2, 0.25) is 0 Å². The molecule has 0 radical (unpaired) electrons. The summed E-state index contributed by atoms with van der Waals surface area (Å²) in [4.78, 5) is 3.87. The second kappa shape index (κ2) is 3.17. The Balaban J connectivity index is 3.06. The summed E-state index contributed by atoms with van der Waals surface area (Å²) in [5.74, 6) is 0.974. The van der Waals surface area contributed by atoms with Crippen LogP contribution in [0.2, 0.25) is 0 Å². The lowest BCUT2D eigenvalue weighted by molar-refractivity contribution is 0.475. The lowest BCUT2D eigenvalue weighted by atomic mass is 10.2. The first kappa shape index (κ1) is 8.46. The second-order valence-electron chi connectivity index (χ2n) is 2.63. The summed E-state index contributed by atoms with van der Waals surface area (Å²) in [7, 11) is -1.03. The van der Waals surface area contributed by atoms with Crippen molar-refractivity contribution >= 4 is 10.8 Å². The zero-order valence-electron chi connectivity index (χ0n) is 6.83. The highest BCUT2D eigenvalue weighted by Crippen LogP contribution is 2.19. The SMILES string of the molecule is CC(C)c1ocnc1S(C)=O. The van der Waals surface area contributed by atoms with Gasteiger partial charge in [-0.15, -0.1) is 0 Å². The third-order valence-corrected chi connectivity index (χ3v) is 2.21. The van der Waals surface area contributed by atoms with Gasteiger partial charge in [-0.3, -0.25) is 4.21 Å². The maximum atomic E-state index is 11.0. The predicted octanol–water partition coefficient (Wildman–Crippen LogP) is 1.54. The molecule has 0 N–H and O–H groups in total. The van der Waals surface area contributed by atoms with Gasteiger partial charge in [0, 0.05) is 12.2 Å². The number of oxazole rings is 1. The van der Waals surface area contributed by atoms with E-state index >= 15 is 0 Å². The molecule has 0 aliphatic heterocycles. The molecular weight excluding hydrogens is 162 g/mol. The Morgan fingerprint density at radius 2 is 2.27 bits per heavy atom. The van der Waals surface area contributed by atoms with Crippen LogP contribution in [0.4, 0.5) is 0 Å². The van der Waals surface area contributed by atoms with E-state index in [0.717, 1.165) is 5.76 Å². The summed E-state index contributed by atoms with van der Waals surface area (Å²) in [6.45, 7) is 3.97. The third kappa shape index (κ3) is 1.68. The van der Waals surface area contributed by atoms with E-state index in [-0.39, 0.29) is 5.92 Å². The van der Waals surface area contributed by atoms with E-state index in [4.69, 9.17) is 4.42 Å². The fraction of sp³-hybridized carbons (Fsp3) is 0.571. The molecule has 1 aromatic rings. The van der Waals surface area contributed by atoms with Crippen LogP contribution in [0.25, 0.3) is 0 Å². The van der Waals surface area contributed by atoms with E-state index in [2.05, 4.69) is 4.98 Å². The van der Waals surface area contributed by atoms with Gasteiger partial charge in [-0.2, -0.15) is 0 Å². The Bertz CT molecular complexity index is 267. The van der Waals surface area contributed by atoms with E-state index in [1.54, 1.807) is 6.26 Å². The number of aromatic nitrogens is 1. The van der Waals surface area contributed by atoms with Crippen LogP contribution in [0.3, 0.4) is 0 Å². The average Bonchev–Trinajstić information content (AvgIpc) is 2.32. The van der Waals surface area contributed by atoms with Crippen LogP contribution in [-0.2, 0) is 10.8 Å². The van der Waals surface area contributed by atoms with E-state index in [1.807, 2.05) is 13.8 Å². The normalized spacial score (nSPS) is 13.8. The van der Waals surface area contributed by atoms with Crippen LogP contribution in [0.1, 0.15) is 25.5 Å². The second-order valence-corrected chi connectivity index (χ2v) is 3.93. The molecule has 0 spiro atoms. The molecule has 0 aliphatic rings. The molecule has 0 aromatic carbocycles. The van der Waals surface area contributed by atoms with E-state index < -0.39 is 10.8 Å². The molecule has 0 fully saturated rings. The molecule has 0 bridgehead atoms. The molecule has 11 heavy (non-hydrogen) atoms. The van der Waals surface area contributed by atoms with Gasteiger partial charge >= 0.3 is 0 Å². The van der Waals surface area contributed by atoms with Crippen molar-refractivity contribution in [3.05, 3.63) is 12.2 Å². The highest BCUT2D eigenvalue weighted by molar-refractivity contribution is 7.84. The average molecular weight is 173 g/mol. The van der Waals surface area contributed by atoms with Gasteiger partial charge in [-0.1, -0.05) is 13.8 Å². The van der Waals surface area contributed by atoms with E-state index in [0.29, 0.717) is 5.03 Å². The van der Waals surface area contributed by atoms with Gasteiger partial charge in [-0.05, 0) is 0 Å². The first-order valence-corrected chi connectivity index (χ1v) is 4.95. The van der Waals surface area contributed by atoms with Crippen LogP contribution >= 0.6 is 0 Å². The van der Waals surface area contributed by atoms with Crippen LogP contribution < -0.4 is 0 Å². The maximum absolute atomic E-state index is 11.0. The van der Waals surface area contributed by atoms with Crippen molar-refractivity contribution in [3.8, 4) is 0 Å². The molecule has 62 valence electrons. The molecule has 3 nitrogen and oxygen atoms in total. The van der Waals surface area contributed by atoms with Crippen molar-refractivity contribution in [1.29, 1.82) is 0 Å². The molecule has 1 rings (SSSR count).